The Balaban J connectivity index is 1.52. The fourth-order valence-electron chi connectivity index (χ4n) is 2.84. The van der Waals surface area contributed by atoms with Crippen LogP contribution in [0.4, 0.5) is 0 Å². The standard InChI is InChI=1S/C25H22N2O4/c28-22(19-10-4-1-5-11-19)16-17-24(30)31-18-23(29)26-27-25(20-12-6-2-7-13-20)21-14-8-3-9-15-21/h1-15H,16-18H2,(H,26,29). The predicted molar refractivity (Wildman–Crippen MR) is 118 cm³/mol. The van der Waals surface area contributed by atoms with Crippen molar-refractivity contribution in [2.45, 2.75) is 12.8 Å². The fraction of sp³-hybridized carbons (Fsp3) is 0.120. The Morgan fingerprint density at radius 3 is 1.68 bits per heavy atom. The van der Waals surface area contributed by atoms with E-state index in [4.69, 9.17) is 4.74 Å². The number of hydrazone groups is 1. The number of amides is 1. The van der Waals surface area contributed by atoms with Gasteiger partial charge < -0.3 is 4.74 Å². The van der Waals surface area contributed by atoms with Crippen molar-refractivity contribution in [2.24, 2.45) is 5.10 Å². The van der Waals surface area contributed by atoms with Crippen LogP contribution in [-0.4, -0.2) is 30.0 Å². The van der Waals surface area contributed by atoms with E-state index < -0.39 is 18.5 Å². The summed E-state index contributed by atoms with van der Waals surface area (Å²) in [6.45, 7) is -0.473. The molecule has 3 aromatic rings. The summed E-state index contributed by atoms with van der Waals surface area (Å²) in [5.41, 5.74) is 5.24. The van der Waals surface area contributed by atoms with Crippen LogP contribution in [0, 0.1) is 0 Å². The third kappa shape index (κ3) is 6.75. The molecule has 3 aromatic carbocycles. The van der Waals surface area contributed by atoms with Crippen LogP contribution in [0.1, 0.15) is 34.3 Å². The van der Waals surface area contributed by atoms with Crippen LogP contribution in [0.25, 0.3) is 0 Å². The molecule has 156 valence electrons. The van der Waals surface area contributed by atoms with Crippen molar-refractivity contribution in [3.05, 3.63) is 108 Å². The minimum atomic E-state index is -0.616. The number of hydrogen-bond acceptors (Lipinski definition) is 5. The van der Waals surface area contributed by atoms with Gasteiger partial charge in [-0.1, -0.05) is 91.0 Å². The molecule has 1 N–H and O–H groups in total. The Morgan fingerprint density at radius 1 is 0.677 bits per heavy atom. The molecule has 0 fully saturated rings. The molecule has 6 heteroatoms. The Kier molecular flexibility index (Phi) is 7.83. The van der Waals surface area contributed by atoms with E-state index >= 15 is 0 Å². The van der Waals surface area contributed by atoms with E-state index in [-0.39, 0.29) is 18.6 Å². The minimum Gasteiger partial charge on any atom is -0.455 e. The molecule has 0 saturated carbocycles. The molecule has 0 aliphatic carbocycles. The Bertz CT molecular complexity index is 1010. The maximum atomic E-state index is 12.1. The average molecular weight is 414 g/mol. The second-order valence-corrected chi connectivity index (χ2v) is 6.68. The van der Waals surface area contributed by atoms with E-state index in [0.29, 0.717) is 11.3 Å². The fourth-order valence-corrected chi connectivity index (χ4v) is 2.84. The molecular formula is C25H22N2O4. The third-order valence-corrected chi connectivity index (χ3v) is 4.40. The van der Waals surface area contributed by atoms with Gasteiger partial charge in [-0.15, -0.1) is 0 Å². The first-order chi connectivity index (χ1) is 15.1. The van der Waals surface area contributed by atoms with E-state index in [9.17, 15) is 14.4 Å². The number of nitrogens with one attached hydrogen (secondary N) is 1. The number of nitrogens with zero attached hydrogens (tertiary/aromatic N) is 1. The number of hydrogen-bond donors (Lipinski definition) is 1. The highest BCUT2D eigenvalue weighted by Gasteiger charge is 2.12. The Hall–Kier alpha value is -4.06. The van der Waals surface area contributed by atoms with Gasteiger partial charge in [-0.2, -0.15) is 5.10 Å². The summed E-state index contributed by atoms with van der Waals surface area (Å²) in [6, 6.07) is 27.6. The maximum Gasteiger partial charge on any atom is 0.306 e. The van der Waals surface area contributed by atoms with Gasteiger partial charge in [0.15, 0.2) is 12.4 Å². The lowest BCUT2D eigenvalue weighted by molar-refractivity contribution is -0.148. The molecule has 0 radical (unpaired) electrons. The van der Waals surface area contributed by atoms with Crippen molar-refractivity contribution in [1.82, 2.24) is 5.43 Å². The van der Waals surface area contributed by atoms with E-state index in [0.717, 1.165) is 11.1 Å². The Morgan fingerprint density at radius 2 is 1.16 bits per heavy atom. The van der Waals surface area contributed by atoms with Gasteiger partial charge in [0, 0.05) is 23.1 Å². The molecule has 1 amide bonds. The van der Waals surface area contributed by atoms with Gasteiger partial charge in [0.25, 0.3) is 5.91 Å². The molecule has 0 aliphatic heterocycles. The molecule has 0 aromatic heterocycles. The first-order valence-corrected chi connectivity index (χ1v) is 9.85. The van der Waals surface area contributed by atoms with E-state index in [1.807, 2.05) is 66.7 Å². The van der Waals surface area contributed by atoms with E-state index in [2.05, 4.69) is 10.5 Å². The number of Topliss-reactive ketones (excluding diaryl/α,β-unsaturated/α-hetero) is 1. The summed E-state index contributed by atoms with van der Waals surface area (Å²) in [7, 11) is 0. The van der Waals surface area contributed by atoms with Crippen LogP contribution in [0.5, 0.6) is 0 Å². The van der Waals surface area contributed by atoms with Crippen molar-refractivity contribution in [1.29, 1.82) is 0 Å². The summed E-state index contributed by atoms with van der Waals surface area (Å²) in [6.07, 6.45) is -0.0711. The van der Waals surface area contributed by atoms with Crippen molar-refractivity contribution in [3.8, 4) is 0 Å². The first-order valence-electron chi connectivity index (χ1n) is 9.85. The molecule has 0 atom stereocenters. The number of carbonyl (C=O) groups is 3. The summed E-state index contributed by atoms with van der Waals surface area (Å²) in [4.78, 5) is 36.0. The number of ether oxygens (including phenoxy) is 1. The largest absolute Gasteiger partial charge is 0.455 e. The zero-order chi connectivity index (χ0) is 21.9. The summed E-state index contributed by atoms with van der Waals surface area (Å²) in [5.74, 6) is -1.33. The highest BCUT2D eigenvalue weighted by Crippen LogP contribution is 2.10. The zero-order valence-electron chi connectivity index (χ0n) is 16.9. The van der Waals surface area contributed by atoms with Crippen LogP contribution in [-0.2, 0) is 14.3 Å². The quantitative estimate of drug-likeness (QED) is 0.250. The van der Waals surface area contributed by atoms with Gasteiger partial charge in [0.05, 0.1) is 12.1 Å². The van der Waals surface area contributed by atoms with Crippen LogP contribution in [0.2, 0.25) is 0 Å². The predicted octanol–water partition coefficient (Wildman–Crippen LogP) is 3.76. The lowest BCUT2D eigenvalue weighted by atomic mass is 10.0. The maximum absolute atomic E-state index is 12.1. The first kappa shape index (κ1) is 21.6. The number of ketones is 1. The van der Waals surface area contributed by atoms with Gasteiger partial charge >= 0.3 is 5.97 Å². The minimum absolute atomic E-state index is 0.0226. The number of rotatable bonds is 9. The second-order valence-electron chi connectivity index (χ2n) is 6.68. The molecule has 6 nitrogen and oxygen atoms in total. The molecule has 0 aliphatic rings. The molecule has 0 heterocycles. The third-order valence-electron chi connectivity index (χ3n) is 4.40. The van der Waals surface area contributed by atoms with Gasteiger partial charge in [0.2, 0.25) is 0 Å². The highest BCUT2D eigenvalue weighted by molar-refractivity contribution is 6.13. The number of benzene rings is 3. The molecular weight excluding hydrogens is 392 g/mol. The Labute approximate surface area is 180 Å². The van der Waals surface area contributed by atoms with Crippen LogP contribution >= 0.6 is 0 Å². The van der Waals surface area contributed by atoms with Crippen LogP contribution < -0.4 is 5.43 Å². The van der Waals surface area contributed by atoms with Crippen LogP contribution in [0.3, 0.4) is 0 Å². The van der Waals surface area contributed by atoms with Gasteiger partial charge in [-0.3, -0.25) is 14.4 Å². The molecule has 31 heavy (non-hydrogen) atoms. The molecule has 0 unspecified atom stereocenters. The number of carbonyl (C=O) groups excluding carboxylic acids is 3. The van der Waals surface area contributed by atoms with E-state index in [1.165, 1.54) is 0 Å². The van der Waals surface area contributed by atoms with Crippen molar-refractivity contribution in [3.63, 3.8) is 0 Å². The normalized spacial score (nSPS) is 10.1. The van der Waals surface area contributed by atoms with Gasteiger partial charge in [0.1, 0.15) is 0 Å². The lowest BCUT2D eigenvalue weighted by Crippen LogP contribution is -2.26. The summed E-state index contributed by atoms with van der Waals surface area (Å²) < 4.78 is 4.96. The SMILES string of the molecule is O=C(COC(=O)CCC(=O)c1ccccc1)NN=C(c1ccccc1)c1ccccc1. The zero-order valence-corrected chi connectivity index (χ0v) is 16.9. The topological polar surface area (TPSA) is 84.8 Å². The second kappa shape index (κ2) is 11.2. The molecule has 0 bridgehead atoms. The van der Waals surface area contributed by atoms with Gasteiger partial charge in [-0.25, -0.2) is 5.43 Å². The summed E-state index contributed by atoms with van der Waals surface area (Å²) in [5, 5.41) is 4.23. The van der Waals surface area contributed by atoms with Crippen molar-refractivity contribution >= 4 is 23.4 Å². The van der Waals surface area contributed by atoms with Gasteiger partial charge in [-0.05, 0) is 0 Å². The molecule has 0 spiro atoms. The van der Waals surface area contributed by atoms with Crippen molar-refractivity contribution < 1.29 is 19.1 Å². The van der Waals surface area contributed by atoms with Crippen molar-refractivity contribution in [2.75, 3.05) is 6.61 Å². The number of esters is 1. The molecule has 3 rings (SSSR count). The monoisotopic (exact) mass is 414 g/mol. The average Bonchev–Trinajstić information content (AvgIpc) is 2.83. The molecule has 0 saturated heterocycles. The van der Waals surface area contributed by atoms with E-state index in [1.54, 1.807) is 24.3 Å². The van der Waals surface area contributed by atoms with Crippen LogP contribution in [0.15, 0.2) is 96.1 Å². The highest BCUT2D eigenvalue weighted by atomic mass is 16.5. The lowest BCUT2D eigenvalue weighted by Gasteiger charge is -2.08. The smallest absolute Gasteiger partial charge is 0.306 e. The summed E-state index contributed by atoms with van der Waals surface area (Å²) >= 11 is 0.